The van der Waals surface area contributed by atoms with Gasteiger partial charge in [-0.25, -0.2) is 9.37 Å². The summed E-state index contributed by atoms with van der Waals surface area (Å²) in [5.74, 6) is 0.418. The number of fused-ring (bicyclic) bond motifs is 1. The predicted octanol–water partition coefficient (Wildman–Crippen LogP) is 4.67. The lowest BCUT2D eigenvalue weighted by atomic mass is 9.96. The minimum Gasteiger partial charge on any atom is -0.359 e. The van der Waals surface area contributed by atoms with Gasteiger partial charge in [0.2, 0.25) is 0 Å². The van der Waals surface area contributed by atoms with E-state index >= 15 is 0 Å². The van der Waals surface area contributed by atoms with E-state index in [1.165, 1.54) is 12.1 Å². The minimum absolute atomic E-state index is 0.229. The number of nitrogens with one attached hydrogen (secondary N) is 1. The number of anilines is 1. The van der Waals surface area contributed by atoms with Gasteiger partial charge in [0, 0.05) is 12.1 Å². The van der Waals surface area contributed by atoms with Crippen molar-refractivity contribution in [2.45, 2.75) is 39.7 Å². The third-order valence-corrected chi connectivity index (χ3v) is 4.42. The van der Waals surface area contributed by atoms with Crippen molar-refractivity contribution in [1.29, 1.82) is 0 Å². The van der Waals surface area contributed by atoms with E-state index in [1.807, 2.05) is 0 Å². The van der Waals surface area contributed by atoms with Gasteiger partial charge in [-0.3, -0.25) is 0 Å². The molecule has 1 N–H and O–H groups in total. The van der Waals surface area contributed by atoms with Crippen LogP contribution in [0, 0.1) is 11.7 Å². The average Bonchev–Trinajstić information content (AvgIpc) is 2.71. The standard InChI is InChI=1S/C14H19FN2S/c1-4-10(5-2)9(3)16-14-17-12-8-11(15)6-7-13(12)18-14/h6-10H,4-5H2,1-3H3,(H,16,17). The first-order valence-electron chi connectivity index (χ1n) is 6.46. The summed E-state index contributed by atoms with van der Waals surface area (Å²) >= 11 is 1.58. The summed E-state index contributed by atoms with van der Waals surface area (Å²) in [5, 5.41) is 4.32. The highest BCUT2D eigenvalue weighted by atomic mass is 32.1. The van der Waals surface area contributed by atoms with Crippen molar-refractivity contribution in [2.24, 2.45) is 5.92 Å². The van der Waals surface area contributed by atoms with Crippen molar-refractivity contribution in [3.63, 3.8) is 0 Å². The van der Waals surface area contributed by atoms with Gasteiger partial charge in [0.25, 0.3) is 0 Å². The number of benzene rings is 1. The first-order chi connectivity index (χ1) is 8.63. The van der Waals surface area contributed by atoms with Crippen LogP contribution in [0.4, 0.5) is 9.52 Å². The Morgan fingerprint density at radius 1 is 1.33 bits per heavy atom. The molecule has 1 aromatic heterocycles. The van der Waals surface area contributed by atoms with Gasteiger partial charge in [0.1, 0.15) is 5.82 Å². The van der Waals surface area contributed by atoms with Crippen molar-refractivity contribution < 1.29 is 4.39 Å². The predicted molar refractivity (Wildman–Crippen MR) is 76.7 cm³/mol. The Bertz CT molecular complexity index is 519. The summed E-state index contributed by atoms with van der Waals surface area (Å²) in [7, 11) is 0. The monoisotopic (exact) mass is 266 g/mol. The van der Waals surface area contributed by atoms with Crippen LogP contribution in [-0.4, -0.2) is 11.0 Å². The zero-order chi connectivity index (χ0) is 13.1. The molecule has 18 heavy (non-hydrogen) atoms. The lowest BCUT2D eigenvalue weighted by molar-refractivity contribution is 0.438. The van der Waals surface area contributed by atoms with Gasteiger partial charge in [-0.15, -0.1) is 0 Å². The molecular weight excluding hydrogens is 247 g/mol. The van der Waals surface area contributed by atoms with Crippen molar-refractivity contribution in [1.82, 2.24) is 4.98 Å². The Morgan fingerprint density at radius 2 is 2.06 bits per heavy atom. The van der Waals surface area contributed by atoms with E-state index in [9.17, 15) is 4.39 Å². The van der Waals surface area contributed by atoms with Crippen LogP contribution in [0.1, 0.15) is 33.6 Å². The van der Waals surface area contributed by atoms with E-state index < -0.39 is 0 Å². The zero-order valence-electron chi connectivity index (χ0n) is 11.0. The summed E-state index contributed by atoms with van der Waals surface area (Å²) in [4.78, 5) is 4.43. The van der Waals surface area contributed by atoms with E-state index in [4.69, 9.17) is 0 Å². The van der Waals surface area contributed by atoms with Crippen LogP contribution in [0.2, 0.25) is 0 Å². The number of nitrogens with zero attached hydrogens (tertiary/aromatic N) is 1. The van der Waals surface area contributed by atoms with Gasteiger partial charge in [-0.2, -0.15) is 0 Å². The molecule has 0 aliphatic heterocycles. The van der Waals surface area contributed by atoms with Crippen LogP contribution in [0.25, 0.3) is 10.2 Å². The SMILES string of the molecule is CCC(CC)C(C)Nc1nc2cc(F)ccc2s1. The van der Waals surface area contributed by atoms with Gasteiger partial charge in [0.15, 0.2) is 5.13 Å². The van der Waals surface area contributed by atoms with Gasteiger partial charge in [-0.05, 0) is 25.0 Å². The average molecular weight is 266 g/mol. The van der Waals surface area contributed by atoms with Crippen LogP contribution < -0.4 is 5.32 Å². The number of halogens is 1. The molecule has 1 unspecified atom stereocenters. The normalized spacial score (nSPS) is 13.2. The lowest BCUT2D eigenvalue weighted by Gasteiger charge is -2.21. The molecule has 0 bridgehead atoms. The van der Waals surface area contributed by atoms with Crippen LogP contribution >= 0.6 is 11.3 Å². The summed E-state index contributed by atoms with van der Waals surface area (Å²) in [5.41, 5.74) is 0.735. The summed E-state index contributed by atoms with van der Waals surface area (Å²) in [6.07, 6.45) is 2.31. The second-order valence-corrected chi connectivity index (χ2v) is 5.67. The van der Waals surface area contributed by atoms with E-state index in [0.29, 0.717) is 12.0 Å². The number of aromatic nitrogens is 1. The number of rotatable bonds is 5. The molecule has 0 saturated carbocycles. The molecule has 1 aromatic carbocycles. The molecule has 1 atom stereocenters. The Labute approximate surface area is 111 Å². The first kappa shape index (κ1) is 13.3. The topological polar surface area (TPSA) is 24.9 Å². The van der Waals surface area contributed by atoms with Crippen molar-refractivity contribution in [3.8, 4) is 0 Å². The number of hydrogen-bond acceptors (Lipinski definition) is 3. The van der Waals surface area contributed by atoms with Gasteiger partial charge in [-0.1, -0.05) is 38.0 Å². The van der Waals surface area contributed by atoms with Gasteiger partial charge in [0.05, 0.1) is 10.2 Å². The molecule has 0 amide bonds. The Hall–Kier alpha value is -1.16. The van der Waals surface area contributed by atoms with Crippen LogP contribution in [0.3, 0.4) is 0 Å². The molecule has 0 radical (unpaired) electrons. The number of thiazole rings is 1. The second-order valence-electron chi connectivity index (χ2n) is 4.64. The fraction of sp³-hybridized carbons (Fsp3) is 0.500. The molecule has 0 aliphatic rings. The fourth-order valence-electron chi connectivity index (χ4n) is 2.27. The Morgan fingerprint density at radius 3 is 2.72 bits per heavy atom. The van der Waals surface area contributed by atoms with Crippen molar-refractivity contribution in [3.05, 3.63) is 24.0 Å². The van der Waals surface area contributed by atoms with Gasteiger partial charge >= 0.3 is 0 Å². The molecule has 2 nitrogen and oxygen atoms in total. The van der Waals surface area contributed by atoms with Crippen molar-refractivity contribution in [2.75, 3.05) is 5.32 Å². The highest BCUT2D eigenvalue weighted by Crippen LogP contribution is 2.28. The largest absolute Gasteiger partial charge is 0.359 e. The van der Waals surface area contributed by atoms with Crippen LogP contribution in [-0.2, 0) is 0 Å². The lowest BCUT2D eigenvalue weighted by Crippen LogP contribution is -2.24. The Balaban J connectivity index is 2.16. The quantitative estimate of drug-likeness (QED) is 0.850. The molecule has 2 rings (SSSR count). The third-order valence-electron chi connectivity index (χ3n) is 3.46. The zero-order valence-corrected chi connectivity index (χ0v) is 11.9. The molecule has 0 saturated heterocycles. The smallest absolute Gasteiger partial charge is 0.184 e. The molecule has 2 aromatic rings. The summed E-state index contributed by atoms with van der Waals surface area (Å²) < 4.78 is 14.1. The summed E-state index contributed by atoms with van der Waals surface area (Å²) in [6, 6.07) is 5.15. The van der Waals surface area contributed by atoms with E-state index in [1.54, 1.807) is 17.4 Å². The molecule has 1 heterocycles. The fourth-order valence-corrected chi connectivity index (χ4v) is 3.21. The molecule has 0 spiro atoms. The molecule has 0 fully saturated rings. The minimum atomic E-state index is -0.229. The van der Waals surface area contributed by atoms with Crippen LogP contribution in [0.15, 0.2) is 18.2 Å². The summed E-state index contributed by atoms with van der Waals surface area (Å²) in [6.45, 7) is 6.60. The first-order valence-corrected chi connectivity index (χ1v) is 7.28. The van der Waals surface area contributed by atoms with Crippen molar-refractivity contribution >= 4 is 26.7 Å². The molecule has 98 valence electrons. The number of hydrogen-bond donors (Lipinski definition) is 1. The highest BCUT2D eigenvalue weighted by Gasteiger charge is 2.15. The maximum atomic E-state index is 13.1. The molecule has 0 aliphatic carbocycles. The van der Waals surface area contributed by atoms with E-state index in [0.717, 1.165) is 28.2 Å². The second kappa shape index (κ2) is 5.65. The van der Waals surface area contributed by atoms with Gasteiger partial charge < -0.3 is 5.32 Å². The Kier molecular flexibility index (Phi) is 4.17. The maximum Gasteiger partial charge on any atom is 0.184 e. The van der Waals surface area contributed by atoms with E-state index in [2.05, 4.69) is 31.1 Å². The maximum absolute atomic E-state index is 13.1. The van der Waals surface area contributed by atoms with Crippen LogP contribution in [0.5, 0.6) is 0 Å². The highest BCUT2D eigenvalue weighted by molar-refractivity contribution is 7.22. The molecule has 4 heteroatoms. The van der Waals surface area contributed by atoms with E-state index in [-0.39, 0.29) is 5.82 Å². The third kappa shape index (κ3) is 2.80. The molecular formula is C14H19FN2S.